The number of carbonyl (C=O) groups is 2. The van der Waals surface area contributed by atoms with Crippen LogP contribution in [-0.4, -0.2) is 83.7 Å². The number of hydrogen-bond donors (Lipinski definition) is 3. The molecule has 12 nitrogen and oxygen atoms in total. The molecular weight excluding hydrogens is 548 g/mol. The third-order valence-corrected chi connectivity index (χ3v) is 8.22. The number of amides is 3. The van der Waals surface area contributed by atoms with Crippen LogP contribution >= 0.6 is 0 Å². The molecule has 2 heterocycles. The molecule has 0 saturated heterocycles. The number of anilines is 2. The number of ether oxygens (including phenoxy) is 1. The highest BCUT2D eigenvalue weighted by molar-refractivity contribution is 7.92. The van der Waals surface area contributed by atoms with Crippen LogP contribution in [0.3, 0.4) is 0 Å². The van der Waals surface area contributed by atoms with Crippen LogP contribution in [0.25, 0.3) is 0 Å². The first kappa shape index (κ1) is 29.9. The van der Waals surface area contributed by atoms with Gasteiger partial charge in [-0.1, -0.05) is 25.1 Å². The maximum Gasteiger partial charge on any atom is 0.321 e. The Balaban J connectivity index is 1.62. The van der Waals surface area contributed by atoms with E-state index in [1.165, 1.54) is 22.0 Å². The number of aliphatic hydroxyl groups excluding tert-OH is 1. The topological polar surface area (TPSA) is 146 Å². The Labute approximate surface area is 240 Å². The first-order valence-corrected chi connectivity index (χ1v) is 14.7. The van der Waals surface area contributed by atoms with Gasteiger partial charge in [0.2, 0.25) is 5.91 Å². The fourth-order valence-corrected chi connectivity index (χ4v) is 5.57. The lowest BCUT2D eigenvalue weighted by atomic mass is 10.0. The number of para-hydroxylation sites is 1. The van der Waals surface area contributed by atoms with Gasteiger partial charge >= 0.3 is 6.03 Å². The number of urea groups is 1. The van der Waals surface area contributed by atoms with Crippen LogP contribution in [0.4, 0.5) is 16.2 Å². The lowest BCUT2D eigenvalue weighted by molar-refractivity contribution is -0.134. The van der Waals surface area contributed by atoms with E-state index in [1.807, 2.05) is 25.1 Å². The molecule has 2 aromatic carbocycles. The maximum absolute atomic E-state index is 13.4. The normalized spacial score (nSPS) is 18.3. The van der Waals surface area contributed by atoms with E-state index in [1.54, 1.807) is 56.3 Å². The number of rotatable bonds is 8. The van der Waals surface area contributed by atoms with Crippen LogP contribution in [-0.2, 0) is 28.3 Å². The van der Waals surface area contributed by atoms with Crippen LogP contribution in [0.2, 0.25) is 0 Å². The van der Waals surface area contributed by atoms with Gasteiger partial charge in [-0.25, -0.2) is 9.78 Å². The summed E-state index contributed by atoms with van der Waals surface area (Å²) >= 11 is 0. The first-order valence-electron chi connectivity index (χ1n) is 13.2. The van der Waals surface area contributed by atoms with Gasteiger partial charge in [0.1, 0.15) is 11.9 Å². The van der Waals surface area contributed by atoms with Crippen molar-refractivity contribution in [3.63, 3.8) is 0 Å². The lowest BCUT2D eigenvalue weighted by Gasteiger charge is -2.34. The molecule has 220 valence electrons. The molecule has 0 radical (unpaired) electrons. The van der Waals surface area contributed by atoms with Crippen LogP contribution in [0.5, 0.6) is 5.75 Å². The Bertz CT molecular complexity index is 1480. The minimum absolute atomic E-state index is 0.0669. The number of hydrogen-bond acceptors (Lipinski definition) is 7. The molecule has 1 aromatic heterocycles. The van der Waals surface area contributed by atoms with Gasteiger partial charge in [0.15, 0.2) is 5.03 Å². The average Bonchev–Trinajstić information content (AvgIpc) is 3.40. The number of aliphatic hydroxyl groups is 1. The number of fused-ring (bicyclic) bond motifs is 1. The summed E-state index contributed by atoms with van der Waals surface area (Å²) in [5.41, 5.74) is 1.38. The summed E-state index contributed by atoms with van der Waals surface area (Å²) in [6, 6.07) is 13.1. The molecule has 1 aliphatic rings. The van der Waals surface area contributed by atoms with Crippen LogP contribution in [0.1, 0.15) is 19.4 Å². The van der Waals surface area contributed by atoms with Gasteiger partial charge in [0, 0.05) is 49.7 Å². The summed E-state index contributed by atoms with van der Waals surface area (Å²) in [7, 11) is -0.625. The fraction of sp³-hybridized carbons (Fsp3) is 0.393. The molecule has 1 aliphatic heterocycles. The second kappa shape index (κ2) is 12.6. The van der Waals surface area contributed by atoms with Crippen molar-refractivity contribution in [1.29, 1.82) is 0 Å². The number of imidazole rings is 1. The van der Waals surface area contributed by atoms with Crippen molar-refractivity contribution in [2.24, 2.45) is 13.0 Å². The Kier molecular flexibility index (Phi) is 9.18. The second-order valence-corrected chi connectivity index (χ2v) is 12.0. The van der Waals surface area contributed by atoms with Gasteiger partial charge in [0.25, 0.3) is 10.0 Å². The first-order chi connectivity index (χ1) is 19.5. The van der Waals surface area contributed by atoms with E-state index in [-0.39, 0.29) is 48.1 Å². The average molecular weight is 585 g/mol. The molecule has 3 amide bonds. The molecular formula is C28H36N6O6S. The molecule has 3 aromatic rings. The predicted octanol–water partition coefficient (Wildman–Crippen LogP) is 2.53. The van der Waals surface area contributed by atoms with Gasteiger partial charge in [-0.2, -0.15) is 8.42 Å². The van der Waals surface area contributed by atoms with Gasteiger partial charge < -0.3 is 29.5 Å². The molecule has 3 N–H and O–H groups in total. The molecule has 0 fully saturated rings. The highest BCUT2D eigenvalue weighted by Gasteiger charge is 2.32. The molecule has 0 unspecified atom stereocenters. The smallest absolute Gasteiger partial charge is 0.321 e. The molecule has 3 atom stereocenters. The molecule has 0 spiro atoms. The van der Waals surface area contributed by atoms with Crippen molar-refractivity contribution in [2.45, 2.75) is 37.4 Å². The third-order valence-electron chi connectivity index (χ3n) is 6.95. The minimum atomic E-state index is -3.96. The highest BCUT2D eigenvalue weighted by atomic mass is 32.2. The summed E-state index contributed by atoms with van der Waals surface area (Å²) < 4.78 is 36.2. The molecule has 4 rings (SSSR count). The highest BCUT2D eigenvalue weighted by Crippen LogP contribution is 2.30. The van der Waals surface area contributed by atoms with Crippen molar-refractivity contribution >= 4 is 33.3 Å². The van der Waals surface area contributed by atoms with Crippen LogP contribution in [0, 0.1) is 5.92 Å². The SMILES string of the molecule is C[C@H]1CN([C@@H](C)CO)C(=O)Cc2cc(NS(=O)(=O)c3cn(C)cn3)ccc2O[C@H]1CN(C)C(=O)Nc1ccccc1. The zero-order valence-electron chi connectivity index (χ0n) is 23.5. The van der Waals surface area contributed by atoms with Gasteiger partial charge in [-0.3, -0.25) is 9.52 Å². The van der Waals surface area contributed by atoms with E-state index in [0.717, 1.165) is 0 Å². The van der Waals surface area contributed by atoms with Gasteiger partial charge in [-0.05, 0) is 37.3 Å². The Morgan fingerprint density at radius 2 is 1.95 bits per heavy atom. The number of aryl methyl sites for hydroxylation is 1. The molecule has 0 saturated carbocycles. The number of nitrogens with one attached hydrogen (secondary N) is 2. The number of nitrogens with zero attached hydrogens (tertiary/aromatic N) is 4. The zero-order chi connectivity index (χ0) is 29.7. The number of carbonyl (C=O) groups excluding carboxylic acids is 2. The van der Waals surface area contributed by atoms with Crippen molar-refractivity contribution in [1.82, 2.24) is 19.4 Å². The number of sulfonamides is 1. The fourth-order valence-electron chi connectivity index (χ4n) is 4.54. The zero-order valence-corrected chi connectivity index (χ0v) is 24.3. The maximum atomic E-state index is 13.4. The van der Waals surface area contributed by atoms with Gasteiger partial charge in [0.05, 0.1) is 31.9 Å². The van der Waals surface area contributed by atoms with Crippen molar-refractivity contribution in [2.75, 3.05) is 36.8 Å². The van der Waals surface area contributed by atoms with E-state index in [2.05, 4.69) is 15.0 Å². The summed E-state index contributed by atoms with van der Waals surface area (Å²) in [4.78, 5) is 33.4. The Hall–Kier alpha value is -4.10. The standard InChI is InChI=1S/C28H36N6O6S/c1-19-14-34(20(2)17-35)27(36)13-21-12-23(31-41(38,39)26-16-32(3)18-29-26)10-11-24(21)40-25(19)15-33(4)28(37)30-22-8-6-5-7-9-22/h5-12,16,18-20,25,31,35H,13-15,17H2,1-4H3,(H,30,37)/t19-,20-,25-/m0/s1. The summed E-state index contributed by atoms with van der Waals surface area (Å²) in [6.07, 6.45) is 2.19. The van der Waals surface area contributed by atoms with Crippen LogP contribution < -0.4 is 14.8 Å². The lowest BCUT2D eigenvalue weighted by Crippen LogP contribution is -2.48. The van der Waals surface area contributed by atoms with E-state index in [0.29, 0.717) is 23.5 Å². The summed E-state index contributed by atoms with van der Waals surface area (Å²) in [5, 5.41) is 12.6. The quantitative estimate of drug-likeness (QED) is 0.369. The van der Waals surface area contributed by atoms with E-state index >= 15 is 0 Å². The summed E-state index contributed by atoms with van der Waals surface area (Å²) in [5.74, 6) is -0.0385. The monoisotopic (exact) mass is 584 g/mol. The largest absolute Gasteiger partial charge is 0.488 e. The van der Waals surface area contributed by atoms with E-state index in [9.17, 15) is 23.1 Å². The number of aromatic nitrogens is 2. The molecule has 0 aliphatic carbocycles. The predicted molar refractivity (Wildman–Crippen MR) is 154 cm³/mol. The van der Waals surface area contributed by atoms with Crippen molar-refractivity contribution < 1.29 is 27.9 Å². The van der Waals surface area contributed by atoms with Crippen LogP contribution in [0.15, 0.2) is 66.1 Å². The summed E-state index contributed by atoms with van der Waals surface area (Å²) in [6.45, 7) is 3.98. The van der Waals surface area contributed by atoms with Crippen molar-refractivity contribution in [3.05, 3.63) is 66.6 Å². The minimum Gasteiger partial charge on any atom is -0.488 e. The third kappa shape index (κ3) is 7.35. The molecule has 0 bridgehead atoms. The number of likely N-dealkylation sites (N-methyl/N-ethyl adjacent to an activating group) is 1. The van der Waals surface area contributed by atoms with Gasteiger partial charge in [-0.15, -0.1) is 0 Å². The van der Waals surface area contributed by atoms with E-state index in [4.69, 9.17) is 4.74 Å². The molecule has 13 heteroatoms. The Morgan fingerprint density at radius 1 is 1.22 bits per heavy atom. The van der Waals surface area contributed by atoms with E-state index < -0.39 is 22.2 Å². The molecule has 41 heavy (non-hydrogen) atoms. The Morgan fingerprint density at radius 3 is 2.61 bits per heavy atom. The van der Waals surface area contributed by atoms with Crippen molar-refractivity contribution in [3.8, 4) is 5.75 Å². The number of benzene rings is 2. The second-order valence-electron chi connectivity index (χ2n) is 10.4.